The molecule has 5 heteroatoms. The van der Waals surface area contributed by atoms with Gasteiger partial charge in [0.1, 0.15) is 5.75 Å². The molecular formula is C15H12N2O3. The summed E-state index contributed by atoms with van der Waals surface area (Å²) in [4.78, 5) is 18.7. The first kappa shape index (κ1) is 12.4. The molecule has 0 atom stereocenters. The van der Waals surface area contributed by atoms with Crippen LogP contribution in [0.3, 0.4) is 0 Å². The third kappa shape index (κ3) is 2.04. The Labute approximate surface area is 115 Å². The molecule has 0 unspecified atom stereocenters. The number of carbonyl (C=O) groups excluding carboxylic acids is 1. The molecule has 0 radical (unpaired) electrons. The predicted octanol–water partition coefficient (Wildman–Crippen LogP) is 2.66. The van der Waals surface area contributed by atoms with E-state index >= 15 is 0 Å². The van der Waals surface area contributed by atoms with Gasteiger partial charge in [0, 0.05) is 29.8 Å². The summed E-state index contributed by atoms with van der Waals surface area (Å²) in [6, 6.07) is 7.44. The molecule has 100 valence electrons. The van der Waals surface area contributed by atoms with Crippen molar-refractivity contribution in [3.63, 3.8) is 0 Å². The van der Waals surface area contributed by atoms with E-state index in [-0.39, 0.29) is 0 Å². The smallest absolute Gasteiger partial charge is 0.240 e. The molecule has 0 amide bonds. The number of methoxy groups -OCH3 is 1. The number of fused-ring (bicyclic) bond motifs is 1. The van der Waals surface area contributed by atoms with E-state index in [0.717, 1.165) is 28.9 Å². The molecule has 0 saturated heterocycles. The third-order valence-corrected chi connectivity index (χ3v) is 3.26. The first-order valence-corrected chi connectivity index (χ1v) is 6.20. The maximum Gasteiger partial charge on any atom is 0.240 e. The summed E-state index contributed by atoms with van der Waals surface area (Å²) in [7, 11) is 1.56. The molecule has 0 bridgehead atoms. The lowest BCUT2D eigenvalue weighted by Crippen LogP contribution is -1.89. The van der Waals surface area contributed by atoms with Crippen LogP contribution in [0.4, 0.5) is 5.69 Å². The lowest BCUT2D eigenvalue weighted by Gasteiger charge is -2.09. The summed E-state index contributed by atoms with van der Waals surface area (Å²) < 4.78 is 10.6. The van der Waals surface area contributed by atoms with Crippen LogP contribution in [-0.4, -0.2) is 24.8 Å². The normalized spacial score (nSPS) is 12.2. The van der Waals surface area contributed by atoms with Crippen molar-refractivity contribution in [3.8, 4) is 22.8 Å². The third-order valence-electron chi connectivity index (χ3n) is 3.26. The summed E-state index contributed by atoms with van der Waals surface area (Å²) in [5, 5.41) is 0. The first-order chi connectivity index (χ1) is 9.83. The van der Waals surface area contributed by atoms with Gasteiger partial charge in [0.15, 0.2) is 0 Å². The van der Waals surface area contributed by atoms with Crippen LogP contribution >= 0.6 is 0 Å². The molecule has 5 nitrogen and oxygen atoms in total. The number of aliphatic imine (C=N–C) groups is 1. The molecule has 0 saturated carbocycles. The number of hydrogen-bond acceptors (Lipinski definition) is 5. The Balaban J connectivity index is 2.20. The van der Waals surface area contributed by atoms with Crippen molar-refractivity contribution in [2.24, 2.45) is 4.99 Å². The lowest BCUT2D eigenvalue weighted by molar-refractivity contribution is 0.357. The molecule has 2 aromatic rings. The molecule has 1 aromatic carbocycles. The zero-order chi connectivity index (χ0) is 13.9. The number of hydrogen-bond donors (Lipinski definition) is 0. The molecule has 0 fully saturated rings. The quantitative estimate of drug-likeness (QED) is 0.634. The molecule has 1 aromatic heterocycles. The minimum atomic E-state index is 0.514. The summed E-state index contributed by atoms with van der Waals surface area (Å²) in [6.45, 7) is 0.611. The monoisotopic (exact) mass is 268 g/mol. The second kappa shape index (κ2) is 5.15. The van der Waals surface area contributed by atoms with Gasteiger partial charge in [-0.15, -0.1) is 0 Å². The highest BCUT2D eigenvalue weighted by molar-refractivity contribution is 5.82. The molecule has 2 heterocycles. The van der Waals surface area contributed by atoms with Gasteiger partial charge in [-0.3, -0.25) is 0 Å². The van der Waals surface area contributed by atoms with Crippen molar-refractivity contribution in [1.82, 2.24) is 4.98 Å². The molecule has 1 aliphatic heterocycles. The van der Waals surface area contributed by atoms with E-state index < -0.39 is 0 Å². The molecule has 20 heavy (non-hydrogen) atoms. The highest BCUT2D eigenvalue weighted by Crippen LogP contribution is 2.41. The maximum absolute atomic E-state index is 10.7. The summed E-state index contributed by atoms with van der Waals surface area (Å²) in [6.07, 6.45) is 4.03. The SMILES string of the molecule is COc1cc(-c2ccc3c(c2N=C=O)CCO3)ccn1. The largest absolute Gasteiger partial charge is 0.493 e. The predicted molar refractivity (Wildman–Crippen MR) is 73.2 cm³/mol. The number of pyridine rings is 1. The van der Waals surface area contributed by atoms with E-state index in [4.69, 9.17) is 9.47 Å². The zero-order valence-corrected chi connectivity index (χ0v) is 10.9. The Morgan fingerprint density at radius 3 is 3.10 bits per heavy atom. The topological polar surface area (TPSA) is 60.8 Å². The average Bonchev–Trinajstić information content (AvgIpc) is 2.97. The first-order valence-electron chi connectivity index (χ1n) is 6.20. The van der Waals surface area contributed by atoms with E-state index in [9.17, 15) is 4.79 Å². The Hall–Kier alpha value is -2.65. The van der Waals surface area contributed by atoms with Gasteiger partial charge in [-0.1, -0.05) is 0 Å². The Kier molecular flexibility index (Phi) is 3.19. The van der Waals surface area contributed by atoms with Gasteiger partial charge < -0.3 is 9.47 Å². The number of nitrogens with zero attached hydrogens (tertiary/aromatic N) is 2. The fourth-order valence-corrected chi connectivity index (χ4v) is 2.35. The Bertz CT molecular complexity index is 706. The van der Waals surface area contributed by atoms with E-state index in [2.05, 4.69) is 9.98 Å². The van der Waals surface area contributed by atoms with Crippen molar-refractivity contribution in [3.05, 3.63) is 36.0 Å². The molecule has 0 spiro atoms. The standard InChI is InChI=1S/C15H12N2O3/c1-19-14-8-10(4-6-16-14)11-2-3-13-12(5-7-20-13)15(11)17-9-18/h2-4,6,8H,5,7H2,1H3. The van der Waals surface area contributed by atoms with Gasteiger partial charge in [-0.05, 0) is 23.8 Å². The van der Waals surface area contributed by atoms with Gasteiger partial charge in [-0.2, -0.15) is 4.99 Å². The number of isocyanates is 1. The number of rotatable bonds is 3. The lowest BCUT2D eigenvalue weighted by atomic mass is 9.99. The molecule has 3 rings (SSSR count). The minimum Gasteiger partial charge on any atom is -0.493 e. The second-order valence-electron chi connectivity index (χ2n) is 4.33. The zero-order valence-electron chi connectivity index (χ0n) is 10.9. The molecule has 0 aliphatic carbocycles. The van der Waals surface area contributed by atoms with Crippen molar-refractivity contribution in [1.29, 1.82) is 0 Å². The fraction of sp³-hybridized carbons (Fsp3) is 0.200. The highest BCUT2D eigenvalue weighted by Gasteiger charge is 2.20. The number of ether oxygens (including phenoxy) is 2. The molecule has 1 aliphatic rings. The van der Waals surface area contributed by atoms with Gasteiger partial charge in [-0.25, -0.2) is 9.78 Å². The van der Waals surface area contributed by atoms with Crippen LogP contribution in [-0.2, 0) is 11.2 Å². The van der Waals surface area contributed by atoms with E-state index in [1.807, 2.05) is 18.2 Å². The van der Waals surface area contributed by atoms with Crippen LogP contribution in [0, 0.1) is 0 Å². The number of aromatic nitrogens is 1. The number of benzene rings is 1. The van der Waals surface area contributed by atoms with Gasteiger partial charge in [0.2, 0.25) is 12.0 Å². The van der Waals surface area contributed by atoms with Gasteiger partial charge >= 0.3 is 0 Å². The summed E-state index contributed by atoms with van der Waals surface area (Å²) in [5.41, 5.74) is 3.30. The van der Waals surface area contributed by atoms with Crippen molar-refractivity contribution in [2.75, 3.05) is 13.7 Å². The van der Waals surface area contributed by atoms with Gasteiger partial charge in [0.25, 0.3) is 0 Å². The van der Waals surface area contributed by atoms with E-state index in [1.165, 1.54) is 0 Å². The average molecular weight is 268 g/mol. The molecule has 0 N–H and O–H groups in total. The maximum atomic E-state index is 10.7. The van der Waals surface area contributed by atoms with E-state index in [0.29, 0.717) is 18.2 Å². The van der Waals surface area contributed by atoms with Crippen LogP contribution in [0.15, 0.2) is 35.5 Å². The van der Waals surface area contributed by atoms with Crippen LogP contribution in [0.5, 0.6) is 11.6 Å². The van der Waals surface area contributed by atoms with Crippen LogP contribution in [0.25, 0.3) is 11.1 Å². The van der Waals surface area contributed by atoms with Crippen LogP contribution < -0.4 is 9.47 Å². The van der Waals surface area contributed by atoms with Crippen LogP contribution in [0.1, 0.15) is 5.56 Å². The highest BCUT2D eigenvalue weighted by atomic mass is 16.5. The van der Waals surface area contributed by atoms with Crippen molar-refractivity contribution >= 4 is 11.8 Å². The van der Waals surface area contributed by atoms with Gasteiger partial charge in [0.05, 0.1) is 19.4 Å². The Morgan fingerprint density at radius 1 is 1.40 bits per heavy atom. The van der Waals surface area contributed by atoms with Crippen LogP contribution in [0.2, 0.25) is 0 Å². The summed E-state index contributed by atoms with van der Waals surface area (Å²) in [5.74, 6) is 1.30. The van der Waals surface area contributed by atoms with Crippen molar-refractivity contribution in [2.45, 2.75) is 6.42 Å². The van der Waals surface area contributed by atoms with E-state index in [1.54, 1.807) is 25.5 Å². The molecular weight excluding hydrogens is 256 g/mol. The minimum absolute atomic E-state index is 0.514. The second-order valence-corrected chi connectivity index (χ2v) is 4.33. The summed E-state index contributed by atoms with van der Waals surface area (Å²) >= 11 is 0. The van der Waals surface area contributed by atoms with Crippen molar-refractivity contribution < 1.29 is 14.3 Å². The Morgan fingerprint density at radius 2 is 2.30 bits per heavy atom. The fourth-order valence-electron chi connectivity index (χ4n) is 2.35.